The van der Waals surface area contributed by atoms with Crippen molar-refractivity contribution in [3.63, 3.8) is 0 Å². The van der Waals surface area contributed by atoms with E-state index in [-0.39, 0.29) is 30.2 Å². The number of hydrogen-bond donors (Lipinski definition) is 0. The van der Waals surface area contributed by atoms with Crippen LogP contribution in [0.3, 0.4) is 0 Å². The first-order chi connectivity index (χ1) is 8.32. The van der Waals surface area contributed by atoms with Gasteiger partial charge in [-0.15, -0.1) is 0 Å². The minimum absolute atomic E-state index is 0. The van der Waals surface area contributed by atoms with Crippen molar-refractivity contribution >= 4 is 5.43 Å². The van der Waals surface area contributed by atoms with Gasteiger partial charge in [0.25, 0.3) is 0 Å². The zero-order valence-corrected chi connectivity index (χ0v) is 18.2. The third-order valence-electron chi connectivity index (χ3n) is 4.73. The zero-order valence-electron chi connectivity index (χ0n) is 13.2. The molecule has 0 fully saturated rings. The second-order valence-corrected chi connectivity index (χ2v) is 25.5. The standard InChI is InChI=1S/2C7H9.C2H6Si.2ClH.Zr/c2*1-6-4-3-5-7(6)2;1-3-2;;;/h2*3-5H,1-2H3;1-2H3;2*1H;/q;;;;;+2/p-2. The molecule has 0 aromatic carbocycles. The van der Waals surface area contributed by atoms with E-state index in [1.165, 1.54) is 0 Å². The van der Waals surface area contributed by atoms with Crippen LogP contribution in [0.2, 0.25) is 19.3 Å². The van der Waals surface area contributed by atoms with Crippen molar-refractivity contribution in [3.05, 3.63) is 47.6 Å². The average Bonchev–Trinajstić information content (AvgIpc) is 2.74. The van der Waals surface area contributed by atoms with Crippen LogP contribution in [0.15, 0.2) is 47.6 Å². The van der Waals surface area contributed by atoms with Crippen LogP contribution in [0.4, 0.5) is 0 Å². The molecule has 2 unspecified atom stereocenters. The van der Waals surface area contributed by atoms with Crippen molar-refractivity contribution in [2.45, 2.75) is 47.0 Å². The SMILES string of the molecule is CC1=CC=C[C]1(C)[Zr+2](=[Si](C)C)[C]1(C)C=CC=C1C.[Cl-].[Cl-]. The summed E-state index contributed by atoms with van der Waals surface area (Å²) in [6.45, 7) is 14.8. The summed E-state index contributed by atoms with van der Waals surface area (Å²) in [5, 5.41) is 0. The third kappa shape index (κ3) is 3.19. The molecule has 0 amide bonds. The molecule has 20 heavy (non-hydrogen) atoms. The number of hydrogen-bond acceptors (Lipinski definition) is 0. The summed E-state index contributed by atoms with van der Waals surface area (Å²) >= 11 is -1.66. The number of halogens is 2. The van der Waals surface area contributed by atoms with Crippen LogP contribution in [0.5, 0.6) is 0 Å². The summed E-state index contributed by atoms with van der Waals surface area (Å²) in [5.74, 6) is 0. The first-order valence-corrected chi connectivity index (χ1v) is 15.4. The van der Waals surface area contributed by atoms with Gasteiger partial charge in [0.05, 0.1) is 0 Å². The molecule has 0 spiro atoms. The maximum absolute atomic E-state index is 2.55. The predicted molar refractivity (Wildman–Crippen MR) is 80.0 cm³/mol. The third-order valence-corrected chi connectivity index (χ3v) is 27.1. The van der Waals surface area contributed by atoms with Crippen LogP contribution in [0.1, 0.15) is 27.7 Å². The quantitative estimate of drug-likeness (QED) is 0.530. The van der Waals surface area contributed by atoms with Crippen LogP contribution < -0.4 is 24.8 Å². The van der Waals surface area contributed by atoms with Gasteiger partial charge in [-0.3, -0.25) is 0 Å². The Morgan fingerprint density at radius 1 is 0.850 bits per heavy atom. The van der Waals surface area contributed by atoms with E-state index in [0.29, 0.717) is 6.25 Å². The number of allylic oxidation sites excluding steroid dienone is 8. The zero-order chi connectivity index (χ0) is 13.6. The Labute approximate surface area is 144 Å². The molecule has 2 aliphatic carbocycles. The fraction of sp³-hybridized carbons (Fsp3) is 0.500. The molecule has 2 rings (SSSR count). The van der Waals surface area contributed by atoms with Gasteiger partial charge in [0.1, 0.15) is 0 Å². The second-order valence-electron chi connectivity index (χ2n) is 6.20. The maximum Gasteiger partial charge on any atom is -1.00 e. The van der Waals surface area contributed by atoms with Crippen molar-refractivity contribution in [3.8, 4) is 0 Å². The Kier molecular flexibility index (Phi) is 7.50. The molecule has 0 N–H and O–H groups in total. The van der Waals surface area contributed by atoms with Crippen LogP contribution in [-0.4, -0.2) is 5.43 Å². The Morgan fingerprint density at radius 3 is 1.40 bits per heavy atom. The summed E-state index contributed by atoms with van der Waals surface area (Å²) in [4.78, 5) is 0. The van der Waals surface area contributed by atoms with Crippen LogP contribution in [0.25, 0.3) is 0 Å². The van der Waals surface area contributed by atoms with Crippen LogP contribution >= 0.6 is 0 Å². The minimum atomic E-state index is -1.66. The van der Waals surface area contributed by atoms with E-state index in [1.54, 1.807) is 11.1 Å². The summed E-state index contributed by atoms with van der Waals surface area (Å²) in [7, 11) is 0. The second kappa shape index (κ2) is 7.27. The molecule has 0 saturated carbocycles. The van der Waals surface area contributed by atoms with Gasteiger partial charge in [0.15, 0.2) is 0 Å². The molecular weight excluding hydrogens is 382 g/mol. The van der Waals surface area contributed by atoms with Gasteiger partial charge < -0.3 is 24.8 Å². The molecule has 0 aromatic rings. The van der Waals surface area contributed by atoms with Gasteiger partial charge in [-0.1, -0.05) is 0 Å². The van der Waals surface area contributed by atoms with Crippen LogP contribution in [0, 0.1) is 0 Å². The first kappa shape index (κ1) is 20.6. The fourth-order valence-electron chi connectivity index (χ4n) is 3.52. The summed E-state index contributed by atoms with van der Waals surface area (Å²) < 4.78 is 0.858. The van der Waals surface area contributed by atoms with E-state index in [2.05, 4.69) is 77.2 Å². The van der Waals surface area contributed by atoms with E-state index in [1.807, 2.05) is 0 Å². The monoisotopic (exact) mass is 404 g/mol. The largest absolute Gasteiger partial charge is 1.00 e. The Hall–Kier alpha value is 0.640. The van der Waals surface area contributed by atoms with Crippen molar-refractivity contribution in [2.24, 2.45) is 0 Å². The Bertz CT molecular complexity index is 497. The van der Waals surface area contributed by atoms with Gasteiger partial charge in [-0.2, -0.15) is 0 Å². The average molecular weight is 407 g/mol. The topological polar surface area (TPSA) is 0 Å². The Balaban J connectivity index is 0.00000180. The molecule has 2 aliphatic rings. The summed E-state index contributed by atoms with van der Waals surface area (Å²) in [6, 6.07) is 0. The first-order valence-electron chi connectivity index (χ1n) is 6.74. The van der Waals surface area contributed by atoms with Gasteiger partial charge in [0, 0.05) is 0 Å². The van der Waals surface area contributed by atoms with Crippen molar-refractivity contribution in [2.75, 3.05) is 0 Å². The normalized spacial score (nSPS) is 29.9. The van der Waals surface area contributed by atoms with Crippen molar-refractivity contribution < 1.29 is 45.2 Å². The molecule has 0 bridgehead atoms. The summed E-state index contributed by atoms with van der Waals surface area (Å²) in [5.41, 5.74) is 3.01. The van der Waals surface area contributed by atoms with E-state index < -0.39 is 20.4 Å². The molecule has 110 valence electrons. The molecule has 0 heterocycles. The fourth-order valence-corrected chi connectivity index (χ4v) is 30.5. The van der Waals surface area contributed by atoms with Crippen LogP contribution in [-0.2, 0) is 20.4 Å². The number of rotatable bonds is 2. The van der Waals surface area contributed by atoms with Gasteiger partial charge in [-0.25, -0.2) is 0 Å². The van der Waals surface area contributed by atoms with E-state index in [0.717, 1.165) is 0 Å². The molecule has 4 heteroatoms. The molecule has 0 saturated heterocycles. The maximum atomic E-state index is 2.55. The molecule has 0 nitrogen and oxygen atoms in total. The van der Waals surface area contributed by atoms with E-state index >= 15 is 0 Å². The molecule has 0 aliphatic heterocycles. The van der Waals surface area contributed by atoms with Gasteiger partial charge in [-0.05, 0) is 0 Å². The summed E-state index contributed by atoms with van der Waals surface area (Å²) in [6.07, 6.45) is 14.3. The molecule has 2 atom stereocenters. The smallest absolute Gasteiger partial charge is 1.00 e. The Morgan fingerprint density at radius 2 is 1.20 bits per heavy atom. The van der Waals surface area contributed by atoms with Crippen molar-refractivity contribution in [1.29, 1.82) is 0 Å². The molecule has 0 radical (unpaired) electrons. The minimum Gasteiger partial charge on any atom is -1.00 e. The van der Waals surface area contributed by atoms with Crippen molar-refractivity contribution in [1.82, 2.24) is 0 Å². The molecular formula is C16H24Cl2SiZr. The van der Waals surface area contributed by atoms with E-state index in [4.69, 9.17) is 0 Å². The van der Waals surface area contributed by atoms with E-state index in [9.17, 15) is 0 Å². The molecule has 0 aromatic heterocycles. The van der Waals surface area contributed by atoms with Gasteiger partial charge in [0.2, 0.25) is 0 Å². The predicted octanol–water partition coefficient (Wildman–Crippen LogP) is -0.747. The van der Waals surface area contributed by atoms with Gasteiger partial charge >= 0.3 is 120 Å².